The summed E-state index contributed by atoms with van der Waals surface area (Å²) < 4.78 is 1.63. The van der Waals surface area contributed by atoms with Gasteiger partial charge in [0.1, 0.15) is 5.65 Å². The van der Waals surface area contributed by atoms with Gasteiger partial charge in [0.2, 0.25) is 0 Å². The Hall–Kier alpha value is -3.80. The number of nitrogens with one attached hydrogen (secondary N) is 1. The van der Waals surface area contributed by atoms with Crippen molar-refractivity contribution in [2.45, 2.75) is 13.8 Å². The third-order valence-corrected chi connectivity index (χ3v) is 5.82. The molecule has 1 aliphatic heterocycles. The lowest BCUT2D eigenvalue weighted by atomic mass is 9.91. The molecular formula is C22H13N3O3. The van der Waals surface area contributed by atoms with Gasteiger partial charge in [-0.05, 0) is 61.4 Å². The van der Waals surface area contributed by atoms with Crippen molar-refractivity contribution in [1.29, 1.82) is 0 Å². The minimum absolute atomic E-state index is 0.199. The van der Waals surface area contributed by atoms with E-state index in [4.69, 9.17) is 4.98 Å². The first-order valence-electron chi connectivity index (χ1n) is 8.96. The van der Waals surface area contributed by atoms with E-state index in [2.05, 4.69) is 5.32 Å². The van der Waals surface area contributed by atoms with Crippen LogP contribution in [-0.2, 0) is 0 Å². The molecule has 0 unspecified atom stereocenters. The molecule has 0 saturated heterocycles. The number of carbonyl (C=O) groups is 2. The van der Waals surface area contributed by atoms with Gasteiger partial charge in [0, 0.05) is 32.7 Å². The van der Waals surface area contributed by atoms with Gasteiger partial charge in [0.05, 0.1) is 11.0 Å². The van der Waals surface area contributed by atoms with Crippen molar-refractivity contribution in [1.82, 2.24) is 14.7 Å². The predicted molar refractivity (Wildman–Crippen MR) is 106 cm³/mol. The second-order valence-corrected chi connectivity index (χ2v) is 7.36. The third-order valence-electron chi connectivity index (χ3n) is 5.82. The molecule has 0 radical (unpaired) electrons. The fourth-order valence-electron chi connectivity index (χ4n) is 4.32. The van der Waals surface area contributed by atoms with Crippen molar-refractivity contribution in [2.75, 3.05) is 0 Å². The summed E-state index contributed by atoms with van der Waals surface area (Å²) in [5.41, 5.74) is 4.84. The number of nitrogens with zero attached hydrogens (tertiary/aromatic N) is 2. The van der Waals surface area contributed by atoms with Crippen molar-refractivity contribution in [3.05, 3.63) is 69.0 Å². The molecule has 0 aliphatic carbocycles. The first-order valence-corrected chi connectivity index (χ1v) is 8.96. The molecule has 1 aliphatic rings. The number of imidazole rings is 1. The maximum atomic E-state index is 13.4. The van der Waals surface area contributed by atoms with Crippen molar-refractivity contribution >= 4 is 50.0 Å². The minimum atomic E-state index is -0.445. The summed E-state index contributed by atoms with van der Waals surface area (Å²) in [6.45, 7) is 4.02. The predicted octanol–water partition coefficient (Wildman–Crippen LogP) is 3.09. The second kappa shape index (κ2) is 4.72. The molecule has 3 heterocycles. The summed E-state index contributed by atoms with van der Waals surface area (Å²) >= 11 is 0. The van der Waals surface area contributed by atoms with E-state index in [1.807, 2.05) is 32.0 Å². The Morgan fingerprint density at radius 1 is 0.821 bits per heavy atom. The minimum Gasteiger partial charge on any atom is -0.288 e. The Kier molecular flexibility index (Phi) is 2.58. The topological polar surface area (TPSA) is 80.5 Å². The molecular weight excluding hydrogens is 354 g/mol. The number of imide groups is 1. The number of amides is 2. The fourth-order valence-corrected chi connectivity index (χ4v) is 4.32. The Morgan fingerprint density at radius 3 is 2.18 bits per heavy atom. The zero-order valence-corrected chi connectivity index (χ0v) is 15.1. The number of aryl methyl sites for hydroxylation is 2. The molecule has 2 amide bonds. The molecule has 5 aromatic rings. The van der Waals surface area contributed by atoms with Gasteiger partial charge >= 0.3 is 0 Å². The summed E-state index contributed by atoms with van der Waals surface area (Å²) in [5.74, 6) is -0.891. The highest BCUT2D eigenvalue weighted by atomic mass is 16.2. The van der Waals surface area contributed by atoms with Crippen LogP contribution in [0.3, 0.4) is 0 Å². The number of fused-ring (bicyclic) bond motifs is 4. The summed E-state index contributed by atoms with van der Waals surface area (Å²) in [5, 5.41) is 4.73. The molecule has 28 heavy (non-hydrogen) atoms. The average molecular weight is 367 g/mol. The van der Waals surface area contributed by atoms with Gasteiger partial charge in [-0.1, -0.05) is 0 Å². The number of rotatable bonds is 0. The first kappa shape index (κ1) is 15.3. The van der Waals surface area contributed by atoms with Crippen molar-refractivity contribution in [2.24, 2.45) is 0 Å². The number of hydrogen-bond donors (Lipinski definition) is 1. The molecule has 0 bridgehead atoms. The summed E-state index contributed by atoms with van der Waals surface area (Å²) in [6.07, 6.45) is 0. The van der Waals surface area contributed by atoms with Gasteiger partial charge in [-0.25, -0.2) is 4.98 Å². The molecule has 0 spiro atoms. The van der Waals surface area contributed by atoms with E-state index < -0.39 is 11.8 Å². The van der Waals surface area contributed by atoms with Crippen molar-refractivity contribution in [3.8, 4) is 0 Å². The summed E-state index contributed by atoms with van der Waals surface area (Å²) in [4.78, 5) is 42.8. The molecule has 6 rings (SSSR count). The van der Waals surface area contributed by atoms with Crippen LogP contribution < -0.4 is 10.9 Å². The van der Waals surface area contributed by atoms with Crippen molar-refractivity contribution < 1.29 is 9.59 Å². The maximum Gasteiger partial charge on any atom is 0.264 e. The molecule has 3 aromatic carbocycles. The third kappa shape index (κ3) is 1.63. The molecule has 0 saturated carbocycles. The molecule has 0 fully saturated rings. The zero-order chi connectivity index (χ0) is 19.3. The number of pyridine rings is 1. The van der Waals surface area contributed by atoms with Crippen LogP contribution in [0.2, 0.25) is 0 Å². The zero-order valence-electron chi connectivity index (χ0n) is 15.1. The van der Waals surface area contributed by atoms with Gasteiger partial charge < -0.3 is 0 Å². The lowest BCUT2D eigenvalue weighted by Crippen LogP contribution is -2.34. The van der Waals surface area contributed by atoms with E-state index in [-0.39, 0.29) is 5.56 Å². The fraction of sp³-hybridized carbons (Fsp3) is 0.0909. The number of benzene rings is 3. The van der Waals surface area contributed by atoms with Gasteiger partial charge in [-0.15, -0.1) is 0 Å². The van der Waals surface area contributed by atoms with Crippen LogP contribution in [0, 0.1) is 13.8 Å². The van der Waals surface area contributed by atoms with Crippen LogP contribution in [0.15, 0.2) is 41.2 Å². The molecule has 2 aromatic heterocycles. The van der Waals surface area contributed by atoms with E-state index in [0.29, 0.717) is 32.9 Å². The molecule has 6 nitrogen and oxygen atoms in total. The molecule has 6 heteroatoms. The van der Waals surface area contributed by atoms with Gasteiger partial charge in [-0.2, -0.15) is 0 Å². The Balaban J connectivity index is 1.95. The smallest absolute Gasteiger partial charge is 0.264 e. The van der Waals surface area contributed by atoms with Gasteiger partial charge in [-0.3, -0.25) is 24.1 Å². The highest BCUT2D eigenvalue weighted by Gasteiger charge is 2.28. The average Bonchev–Trinajstić information content (AvgIpc) is 3.03. The standard InChI is InChI=1S/C22H13N3O3/c1-9-7-15-16(8-10(9)2)25-19(23-15)11-3-4-12-18-13(21(27)24-20(12)26)5-6-14(17(11)18)22(25)28/h3-8H,1-2H3,(H,24,26,27). The normalized spacial score (nSPS) is 13.9. The number of carbonyl (C=O) groups excluding carboxylic acids is 2. The second-order valence-electron chi connectivity index (χ2n) is 7.36. The van der Waals surface area contributed by atoms with E-state index in [9.17, 15) is 14.4 Å². The van der Waals surface area contributed by atoms with Crippen LogP contribution in [0.4, 0.5) is 0 Å². The van der Waals surface area contributed by atoms with E-state index in [1.54, 1.807) is 22.6 Å². The van der Waals surface area contributed by atoms with Gasteiger partial charge in [0.15, 0.2) is 0 Å². The van der Waals surface area contributed by atoms with Crippen molar-refractivity contribution in [3.63, 3.8) is 0 Å². The molecule has 0 atom stereocenters. The highest BCUT2D eigenvalue weighted by Crippen LogP contribution is 2.35. The highest BCUT2D eigenvalue weighted by molar-refractivity contribution is 6.31. The van der Waals surface area contributed by atoms with Crippen LogP contribution in [0.1, 0.15) is 31.8 Å². The van der Waals surface area contributed by atoms with Crippen LogP contribution in [-0.4, -0.2) is 21.2 Å². The summed E-state index contributed by atoms with van der Waals surface area (Å²) in [6, 6.07) is 10.7. The number of hydrogen-bond acceptors (Lipinski definition) is 4. The van der Waals surface area contributed by atoms with E-state index >= 15 is 0 Å². The largest absolute Gasteiger partial charge is 0.288 e. The Bertz CT molecular complexity index is 1590. The SMILES string of the molecule is Cc1cc2nc3c4ccc5c6c(ccc(c(=O)n3c2cc1C)c64)C(=O)NC5=O. The Morgan fingerprint density at radius 2 is 1.46 bits per heavy atom. The lowest BCUT2D eigenvalue weighted by Gasteiger charge is -2.18. The molecule has 1 N–H and O–H groups in total. The van der Waals surface area contributed by atoms with E-state index in [0.717, 1.165) is 27.5 Å². The molecule has 134 valence electrons. The monoisotopic (exact) mass is 367 g/mol. The first-order chi connectivity index (χ1) is 13.5. The van der Waals surface area contributed by atoms with Crippen LogP contribution in [0.25, 0.3) is 38.2 Å². The van der Waals surface area contributed by atoms with Crippen LogP contribution >= 0.6 is 0 Å². The maximum absolute atomic E-state index is 13.4. The quantitative estimate of drug-likeness (QED) is 0.427. The Labute approximate surface area is 157 Å². The summed E-state index contributed by atoms with van der Waals surface area (Å²) in [7, 11) is 0. The lowest BCUT2D eigenvalue weighted by molar-refractivity contribution is 0.0845. The van der Waals surface area contributed by atoms with Crippen LogP contribution in [0.5, 0.6) is 0 Å². The van der Waals surface area contributed by atoms with E-state index in [1.165, 1.54) is 0 Å². The number of aromatic nitrogens is 2. The van der Waals surface area contributed by atoms with Gasteiger partial charge in [0.25, 0.3) is 17.4 Å².